The zero-order valence-electron chi connectivity index (χ0n) is 13.1. The van der Waals surface area contributed by atoms with Gasteiger partial charge in [-0.1, -0.05) is 12.1 Å². The van der Waals surface area contributed by atoms with Gasteiger partial charge in [0.1, 0.15) is 18.0 Å². The number of phenols is 1. The van der Waals surface area contributed by atoms with Gasteiger partial charge < -0.3 is 19.9 Å². The van der Waals surface area contributed by atoms with Crippen molar-refractivity contribution in [1.29, 1.82) is 0 Å². The molecule has 1 saturated heterocycles. The van der Waals surface area contributed by atoms with Gasteiger partial charge in [-0.15, -0.1) is 0 Å². The van der Waals surface area contributed by atoms with E-state index in [2.05, 4.69) is 5.32 Å². The van der Waals surface area contributed by atoms with E-state index in [-0.39, 0.29) is 11.8 Å². The van der Waals surface area contributed by atoms with Gasteiger partial charge in [0.2, 0.25) is 0 Å². The van der Waals surface area contributed by atoms with Crippen molar-refractivity contribution in [3.05, 3.63) is 59.2 Å². The highest BCUT2D eigenvalue weighted by Gasteiger charge is 2.42. The Labute approximate surface area is 142 Å². The highest BCUT2D eigenvalue weighted by molar-refractivity contribution is 5.59. The molecular formula is C18H16F3NO3. The molecule has 2 aliphatic rings. The number of fused-ring (bicyclic) bond motifs is 3. The lowest BCUT2D eigenvalue weighted by molar-refractivity contribution is -0.152. The van der Waals surface area contributed by atoms with Crippen LogP contribution >= 0.6 is 0 Å². The predicted molar refractivity (Wildman–Crippen MR) is 84.3 cm³/mol. The molecule has 25 heavy (non-hydrogen) atoms. The van der Waals surface area contributed by atoms with E-state index in [1.54, 1.807) is 18.2 Å². The van der Waals surface area contributed by atoms with E-state index in [1.165, 1.54) is 6.07 Å². The molecule has 2 N–H and O–H groups in total. The second kappa shape index (κ2) is 5.93. The summed E-state index contributed by atoms with van der Waals surface area (Å²) in [6.07, 6.45) is -5.49. The SMILES string of the molecule is Oc1cccc(C2Nc3ccc(C(F)(F)F)cc3C3OCCOC23)c1. The van der Waals surface area contributed by atoms with Crippen molar-refractivity contribution in [3.8, 4) is 5.75 Å². The van der Waals surface area contributed by atoms with Crippen LogP contribution in [-0.2, 0) is 15.7 Å². The lowest BCUT2D eigenvalue weighted by Gasteiger charge is -2.43. The minimum Gasteiger partial charge on any atom is -0.508 e. The molecule has 7 heteroatoms. The van der Waals surface area contributed by atoms with Gasteiger partial charge in [0, 0.05) is 11.3 Å². The van der Waals surface area contributed by atoms with Crippen LogP contribution in [0.2, 0.25) is 0 Å². The maximum Gasteiger partial charge on any atom is 0.416 e. The molecule has 0 aromatic heterocycles. The van der Waals surface area contributed by atoms with Crippen LogP contribution in [0.5, 0.6) is 5.75 Å². The topological polar surface area (TPSA) is 50.7 Å². The van der Waals surface area contributed by atoms with Gasteiger partial charge in [0.25, 0.3) is 0 Å². The number of rotatable bonds is 1. The fourth-order valence-corrected chi connectivity index (χ4v) is 3.43. The Morgan fingerprint density at radius 2 is 1.84 bits per heavy atom. The summed E-state index contributed by atoms with van der Waals surface area (Å²) >= 11 is 0. The van der Waals surface area contributed by atoms with Gasteiger partial charge in [-0.2, -0.15) is 13.2 Å². The van der Waals surface area contributed by atoms with E-state index in [0.717, 1.165) is 17.7 Å². The van der Waals surface area contributed by atoms with Crippen LogP contribution in [-0.4, -0.2) is 24.4 Å². The Hall–Kier alpha value is -2.25. The fourth-order valence-electron chi connectivity index (χ4n) is 3.43. The van der Waals surface area contributed by atoms with E-state index in [0.29, 0.717) is 24.5 Å². The lowest BCUT2D eigenvalue weighted by Crippen LogP contribution is -2.43. The highest BCUT2D eigenvalue weighted by Crippen LogP contribution is 2.46. The number of nitrogens with one attached hydrogen (secondary N) is 1. The normalized spacial score (nSPS) is 25.6. The number of alkyl halides is 3. The molecule has 0 aliphatic carbocycles. The number of benzene rings is 2. The molecule has 0 spiro atoms. The molecule has 0 amide bonds. The minimum atomic E-state index is -4.41. The number of halogens is 3. The van der Waals surface area contributed by atoms with Gasteiger partial charge in [-0.05, 0) is 35.9 Å². The first-order chi connectivity index (χ1) is 11.9. The number of anilines is 1. The van der Waals surface area contributed by atoms with Crippen LogP contribution in [0, 0.1) is 0 Å². The van der Waals surface area contributed by atoms with Gasteiger partial charge in [0.15, 0.2) is 0 Å². The summed E-state index contributed by atoms with van der Waals surface area (Å²) in [5, 5.41) is 13.0. The molecule has 2 aliphatic heterocycles. The second-order valence-corrected chi connectivity index (χ2v) is 6.14. The van der Waals surface area contributed by atoms with Crippen LogP contribution in [0.4, 0.5) is 18.9 Å². The third kappa shape index (κ3) is 2.94. The van der Waals surface area contributed by atoms with Gasteiger partial charge in [0.05, 0.1) is 24.8 Å². The van der Waals surface area contributed by atoms with E-state index < -0.39 is 23.9 Å². The second-order valence-electron chi connectivity index (χ2n) is 6.14. The van der Waals surface area contributed by atoms with Crippen molar-refractivity contribution in [2.45, 2.75) is 24.4 Å². The van der Waals surface area contributed by atoms with Crippen molar-refractivity contribution in [1.82, 2.24) is 0 Å². The number of aromatic hydroxyl groups is 1. The summed E-state index contributed by atoms with van der Waals surface area (Å²) in [6, 6.07) is 9.98. The quantitative estimate of drug-likeness (QED) is 0.814. The molecule has 2 aromatic rings. The van der Waals surface area contributed by atoms with Crippen LogP contribution in [0.3, 0.4) is 0 Å². The summed E-state index contributed by atoms with van der Waals surface area (Å²) in [5.74, 6) is 0.116. The molecule has 3 atom stereocenters. The van der Waals surface area contributed by atoms with Crippen molar-refractivity contribution in [2.75, 3.05) is 18.5 Å². The third-order valence-corrected chi connectivity index (χ3v) is 4.54. The summed E-state index contributed by atoms with van der Waals surface area (Å²) < 4.78 is 50.7. The number of ether oxygens (including phenoxy) is 2. The Morgan fingerprint density at radius 3 is 2.60 bits per heavy atom. The van der Waals surface area contributed by atoms with Crippen LogP contribution in [0.1, 0.15) is 28.8 Å². The molecule has 0 radical (unpaired) electrons. The number of phenolic OH excluding ortho intramolecular Hbond substituents is 1. The maximum atomic E-state index is 13.0. The van der Waals surface area contributed by atoms with Crippen molar-refractivity contribution >= 4 is 5.69 Å². The van der Waals surface area contributed by atoms with Gasteiger partial charge in [-0.25, -0.2) is 0 Å². The molecule has 4 rings (SSSR count). The van der Waals surface area contributed by atoms with E-state index in [1.807, 2.05) is 6.07 Å². The monoisotopic (exact) mass is 351 g/mol. The van der Waals surface area contributed by atoms with E-state index in [4.69, 9.17) is 9.47 Å². The molecule has 0 bridgehead atoms. The van der Waals surface area contributed by atoms with Crippen LogP contribution in [0.15, 0.2) is 42.5 Å². The van der Waals surface area contributed by atoms with Gasteiger partial charge >= 0.3 is 6.18 Å². The Morgan fingerprint density at radius 1 is 1.04 bits per heavy atom. The van der Waals surface area contributed by atoms with Crippen LogP contribution < -0.4 is 5.32 Å². The van der Waals surface area contributed by atoms with Crippen molar-refractivity contribution < 1.29 is 27.8 Å². The minimum absolute atomic E-state index is 0.116. The summed E-state index contributed by atoms with van der Waals surface area (Å²) in [7, 11) is 0. The first-order valence-corrected chi connectivity index (χ1v) is 7.93. The number of hydrogen-bond acceptors (Lipinski definition) is 4. The first-order valence-electron chi connectivity index (χ1n) is 7.93. The lowest BCUT2D eigenvalue weighted by atomic mass is 9.87. The Balaban J connectivity index is 1.78. The average molecular weight is 351 g/mol. The fraction of sp³-hybridized carbons (Fsp3) is 0.333. The average Bonchev–Trinajstić information content (AvgIpc) is 2.60. The molecule has 0 saturated carbocycles. The molecule has 1 fully saturated rings. The largest absolute Gasteiger partial charge is 0.508 e. The predicted octanol–water partition coefficient (Wildman–Crippen LogP) is 4.03. The maximum absolute atomic E-state index is 13.0. The highest BCUT2D eigenvalue weighted by atomic mass is 19.4. The van der Waals surface area contributed by atoms with Crippen molar-refractivity contribution in [2.24, 2.45) is 0 Å². The Bertz CT molecular complexity index is 793. The van der Waals surface area contributed by atoms with Gasteiger partial charge in [-0.3, -0.25) is 0 Å². The van der Waals surface area contributed by atoms with E-state index in [9.17, 15) is 18.3 Å². The van der Waals surface area contributed by atoms with Crippen LogP contribution in [0.25, 0.3) is 0 Å². The molecule has 3 unspecified atom stereocenters. The third-order valence-electron chi connectivity index (χ3n) is 4.54. The standard InChI is InChI=1S/C18H16F3NO3/c19-18(20,21)11-4-5-14-13(9-11)16-17(25-7-6-24-16)15(22-14)10-2-1-3-12(23)8-10/h1-5,8-9,15-17,22-23H,6-7H2. The summed E-state index contributed by atoms with van der Waals surface area (Å²) in [4.78, 5) is 0. The smallest absolute Gasteiger partial charge is 0.416 e. The first kappa shape index (κ1) is 16.2. The molecule has 2 aromatic carbocycles. The summed E-state index contributed by atoms with van der Waals surface area (Å²) in [6.45, 7) is 0.691. The van der Waals surface area contributed by atoms with Crippen molar-refractivity contribution in [3.63, 3.8) is 0 Å². The Kier molecular flexibility index (Phi) is 3.85. The zero-order valence-corrected chi connectivity index (χ0v) is 13.1. The molecule has 132 valence electrons. The number of hydrogen-bond donors (Lipinski definition) is 2. The molecule has 4 nitrogen and oxygen atoms in total. The molecule has 2 heterocycles. The molecular weight excluding hydrogens is 335 g/mol. The summed E-state index contributed by atoms with van der Waals surface area (Å²) in [5.41, 5.74) is 1.09. The zero-order chi connectivity index (χ0) is 17.6. The van der Waals surface area contributed by atoms with E-state index >= 15 is 0 Å².